The number of hydrogen-bond donors (Lipinski definition) is 3. The third kappa shape index (κ3) is 5.68. The van der Waals surface area contributed by atoms with Gasteiger partial charge in [0, 0.05) is 30.2 Å². The molecule has 0 bridgehead atoms. The van der Waals surface area contributed by atoms with Crippen LogP contribution in [0, 0.1) is 0 Å². The molecule has 1 saturated heterocycles. The number of amides is 2. The predicted molar refractivity (Wildman–Crippen MR) is 133 cm³/mol. The smallest absolute Gasteiger partial charge is 0.380 e. The first kappa shape index (κ1) is 27.5. The van der Waals surface area contributed by atoms with Crippen LogP contribution in [0.15, 0.2) is 53.3 Å². The number of nitrogens with one attached hydrogen (secondary N) is 1. The van der Waals surface area contributed by atoms with Gasteiger partial charge in [0.05, 0.1) is 24.2 Å². The van der Waals surface area contributed by atoms with E-state index in [1.165, 1.54) is 35.4 Å². The summed E-state index contributed by atoms with van der Waals surface area (Å²) < 4.78 is 50.5. The number of nitrogens with two attached hydrogens (primary N) is 1. The molecule has 0 aliphatic carbocycles. The van der Waals surface area contributed by atoms with E-state index in [1.54, 1.807) is 6.07 Å². The number of halogens is 3. The number of fused-ring (bicyclic) bond motifs is 1. The zero-order chi connectivity index (χ0) is 28.3. The van der Waals surface area contributed by atoms with Crippen LogP contribution < -0.4 is 16.0 Å². The Labute approximate surface area is 219 Å². The molecule has 5 rings (SSSR count). The van der Waals surface area contributed by atoms with Crippen molar-refractivity contribution >= 4 is 40.1 Å². The summed E-state index contributed by atoms with van der Waals surface area (Å²) in [5.41, 5.74) is 5.23. The highest BCUT2D eigenvalue weighted by Gasteiger charge is 2.40. The van der Waals surface area contributed by atoms with Crippen molar-refractivity contribution in [1.82, 2.24) is 19.9 Å². The number of nitrogen functional groups attached to an aromatic ring is 1. The Morgan fingerprint density at radius 1 is 1.23 bits per heavy atom. The van der Waals surface area contributed by atoms with Crippen molar-refractivity contribution in [3.05, 3.63) is 54.5 Å². The van der Waals surface area contributed by atoms with Gasteiger partial charge in [-0.25, -0.2) is 4.68 Å². The molecule has 1 aliphatic heterocycles. The van der Waals surface area contributed by atoms with Gasteiger partial charge in [0.1, 0.15) is 5.69 Å². The lowest BCUT2D eigenvalue weighted by atomic mass is 10.1. The Bertz CT molecular complexity index is 1490. The average Bonchev–Trinajstić information content (AvgIpc) is 3.56. The van der Waals surface area contributed by atoms with E-state index in [4.69, 9.17) is 15.0 Å². The predicted octanol–water partition coefficient (Wildman–Crippen LogP) is 2.77. The molecule has 2 amide bonds. The number of pyridine rings is 1. The molecule has 1 fully saturated rings. The summed E-state index contributed by atoms with van der Waals surface area (Å²) in [6.07, 6.45) is -5.68. The number of ether oxygens (including phenoxy) is 1. The molecule has 1 aromatic carbocycles. The normalized spacial score (nSPS) is 16.5. The van der Waals surface area contributed by atoms with Crippen LogP contribution in [0.5, 0.6) is 0 Å². The highest BCUT2D eigenvalue weighted by molar-refractivity contribution is 6.04. The number of carbonyl (C=O) groups is 2. The molecule has 2 unspecified atom stereocenters. The maximum Gasteiger partial charge on any atom is 0.433 e. The van der Waals surface area contributed by atoms with E-state index >= 15 is 0 Å². The van der Waals surface area contributed by atoms with Gasteiger partial charge in [-0.05, 0) is 24.3 Å². The van der Waals surface area contributed by atoms with Gasteiger partial charge in [0.15, 0.2) is 29.4 Å². The highest BCUT2D eigenvalue weighted by Crippen LogP contribution is 2.29. The highest BCUT2D eigenvalue weighted by atomic mass is 19.4. The second kappa shape index (κ2) is 11.1. The third-order valence-corrected chi connectivity index (χ3v) is 5.59. The van der Waals surface area contributed by atoms with Gasteiger partial charge in [0.2, 0.25) is 0 Å². The lowest BCUT2D eigenvalue weighted by Gasteiger charge is -2.32. The van der Waals surface area contributed by atoms with Gasteiger partial charge in [-0.2, -0.15) is 13.2 Å². The van der Waals surface area contributed by atoms with Gasteiger partial charge in [-0.1, -0.05) is 19.0 Å². The van der Waals surface area contributed by atoms with E-state index in [2.05, 4.69) is 20.6 Å². The molecule has 1 aliphatic rings. The van der Waals surface area contributed by atoms with Crippen molar-refractivity contribution in [3.8, 4) is 5.69 Å². The second-order valence-electron chi connectivity index (χ2n) is 8.01. The van der Waals surface area contributed by atoms with E-state index in [0.717, 1.165) is 16.9 Å². The van der Waals surface area contributed by atoms with E-state index in [-0.39, 0.29) is 36.2 Å². The number of aliphatic hydroxyl groups excluding tert-OH is 1. The van der Waals surface area contributed by atoms with Crippen LogP contribution in [0.1, 0.15) is 19.5 Å². The van der Waals surface area contributed by atoms with Gasteiger partial charge in [-0.15, -0.1) is 5.10 Å². The molecule has 12 nitrogen and oxygen atoms in total. The lowest BCUT2D eigenvalue weighted by Crippen LogP contribution is -2.55. The van der Waals surface area contributed by atoms with Crippen LogP contribution >= 0.6 is 0 Å². The molecule has 0 saturated carbocycles. The summed E-state index contributed by atoms with van der Waals surface area (Å²) in [4.78, 5) is 30.2. The maximum atomic E-state index is 13.0. The molecule has 39 heavy (non-hydrogen) atoms. The fourth-order valence-electron chi connectivity index (χ4n) is 3.77. The molecule has 4 heterocycles. The summed E-state index contributed by atoms with van der Waals surface area (Å²) in [6.45, 7) is 4.03. The maximum absolute atomic E-state index is 13.0. The number of rotatable bonds is 5. The molecular weight excluding hydrogens is 523 g/mol. The van der Waals surface area contributed by atoms with E-state index < -0.39 is 35.9 Å². The molecule has 0 radical (unpaired) electrons. The number of benzene rings is 1. The van der Waals surface area contributed by atoms with E-state index in [0.29, 0.717) is 11.0 Å². The van der Waals surface area contributed by atoms with Crippen LogP contribution in [0.4, 0.5) is 30.5 Å². The van der Waals surface area contributed by atoms with Crippen molar-refractivity contribution in [3.63, 3.8) is 0 Å². The first-order chi connectivity index (χ1) is 18.6. The molecule has 3 aromatic heterocycles. The Kier molecular flexibility index (Phi) is 7.83. The SMILES string of the molecule is CC.Nc1noc2cc(NC(=O)C(O)C3OCCN(c4ccn(-c5ccnc(C(F)(F)F)c5)n4)C3=O)ccc12. The summed E-state index contributed by atoms with van der Waals surface area (Å²) in [5, 5.41) is 21.4. The Morgan fingerprint density at radius 3 is 2.74 bits per heavy atom. The molecule has 15 heteroatoms. The molecule has 4 N–H and O–H groups in total. The van der Waals surface area contributed by atoms with Crippen LogP contribution in [0.25, 0.3) is 16.7 Å². The zero-order valence-electron chi connectivity index (χ0n) is 20.7. The minimum Gasteiger partial charge on any atom is -0.380 e. The van der Waals surface area contributed by atoms with Crippen molar-refractivity contribution in [2.45, 2.75) is 32.2 Å². The van der Waals surface area contributed by atoms with Gasteiger partial charge < -0.3 is 25.4 Å². The van der Waals surface area contributed by atoms with Gasteiger partial charge >= 0.3 is 6.18 Å². The molecule has 0 spiro atoms. The van der Waals surface area contributed by atoms with Crippen molar-refractivity contribution < 1.29 is 37.1 Å². The third-order valence-electron chi connectivity index (χ3n) is 5.59. The number of anilines is 3. The Hall–Kier alpha value is -4.50. The Balaban J connectivity index is 0.00000172. The number of carbonyl (C=O) groups excluding carboxylic acids is 2. The molecule has 2 atom stereocenters. The quantitative estimate of drug-likeness (QED) is 0.341. The number of aromatic nitrogens is 4. The summed E-state index contributed by atoms with van der Waals surface area (Å²) in [5.74, 6) is -1.37. The minimum atomic E-state index is -4.63. The zero-order valence-corrected chi connectivity index (χ0v) is 20.7. The molecule has 206 valence electrons. The summed E-state index contributed by atoms with van der Waals surface area (Å²) >= 11 is 0. The fourth-order valence-corrected chi connectivity index (χ4v) is 3.77. The average molecular weight is 547 g/mol. The van der Waals surface area contributed by atoms with Crippen LogP contribution in [-0.4, -0.2) is 62.2 Å². The minimum absolute atomic E-state index is 0.0234. The number of hydrogen-bond acceptors (Lipinski definition) is 9. The fraction of sp³-hybridized carbons (Fsp3) is 0.292. The standard InChI is InChI=1S/C22H18F3N7O5.C2H6/c23-22(24,25)15-10-12(3-5-27-15)32-6-4-16(29-32)31-7-8-36-18(21(31)35)17(33)20(34)28-11-1-2-13-14(9-11)37-30-19(13)26;1-2/h1-6,9-10,17-18,33H,7-8H2,(H2,26,30)(H,28,34);1-2H3. The van der Waals surface area contributed by atoms with Gasteiger partial charge in [0.25, 0.3) is 11.8 Å². The van der Waals surface area contributed by atoms with Crippen molar-refractivity contribution in [2.24, 2.45) is 0 Å². The number of aliphatic hydroxyl groups is 1. The van der Waals surface area contributed by atoms with Crippen molar-refractivity contribution in [1.29, 1.82) is 0 Å². The van der Waals surface area contributed by atoms with Crippen molar-refractivity contribution in [2.75, 3.05) is 29.1 Å². The second-order valence-corrected chi connectivity index (χ2v) is 8.01. The summed E-state index contributed by atoms with van der Waals surface area (Å²) in [7, 11) is 0. The molecule has 4 aromatic rings. The number of morpholine rings is 1. The van der Waals surface area contributed by atoms with Crippen LogP contribution in [0.2, 0.25) is 0 Å². The first-order valence-corrected chi connectivity index (χ1v) is 11.8. The lowest BCUT2D eigenvalue weighted by molar-refractivity contribution is -0.150. The van der Waals surface area contributed by atoms with Crippen LogP contribution in [-0.2, 0) is 20.5 Å². The molecular formula is C24H24F3N7O5. The summed E-state index contributed by atoms with van der Waals surface area (Å²) in [6, 6.07) is 8.11. The van der Waals surface area contributed by atoms with E-state index in [1.807, 2.05) is 13.8 Å². The monoisotopic (exact) mass is 547 g/mol. The largest absolute Gasteiger partial charge is 0.433 e. The number of alkyl halides is 3. The van der Waals surface area contributed by atoms with E-state index in [9.17, 15) is 27.9 Å². The first-order valence-electron chi connectivity index (χ1n) is 11.8. The topological polar surface area (TPSA) is 162 Å². The number of nitrogens with zero attached hydrogens (tertiary/aromatic N) is 5. The van der Waals surface area contributed by atoms with Gasteiger partial charge in [-0.3, -0.25) is 19.5 Å². The Morgan fingerprint density at radius 2 is 2.00 bits per heavy atom. The van der Waals surface area contributed by atoms with Crippen LogP contribution in [0.3, 0.4) is 0 Å².